The number of aliphatic hydroxyl groups is 1. The SMILES string of the molecule is CN(CC1(O)CCOCC1)S(=O)(=O)c1cccnc1C#N. The van der Waals surface area contributed by atoms with E-state index in [0.29, 0.717) is 26.1 Å². The third-order valence-corrected chi connectivity index (χ3v) is 5.34. The van der Waals surface area contributed by atoms with E-state index in [0.717, 1.165) is 4.31 Å². The number of likely N-dealkylation sites (N-methyl/N-ethyl adjacent to an activating group) is 1. The van der Waals surface area contributed by atoms with E-state index in [1.54, 1.807) is 6.07 Å². The Hall–Kier alpha value is -1.53. The van der Waals surface area contributed by atoms with Gasteiger partial charge in [-0.25, -0.2) is 13.4 Å². The Labute approximate surface area is 123 Å². The van der Waals surface area contributed by atoms with Crippen LogP contribution in [-0.4, -0.2) is 55.2 Å². The minimum atomic E-state index is -3.87. The molecule has 0 saturated carbocycles. The van der Waals surface area contributed by atoms with Crippen molar-refractivity contribution < 1.29 is 18.3 Å². The van der Waals surface area contributed by atoms with Crippen molar-refractivity contribution in [3.63, 3.8) is 0 Å². The summed E-state index contributed by atoms with van der Waals surface area (Å²) in [7, 11) is -2.49. The first-order valence-electron chi connectivity index (χ1n) is 6.51. The monoisotopic (exact) mass is 311 g/mol. The zero-order chi connectivity index (χ0) is 15.5. The highest BCUT2D eigenvalue weighted by atomic mass is 32.2. The fraction of sp³-hybridized carbons (Fsp3) is 0.538. The molecule has 1 aliphatic rings. The molecule has 0 aromatic carbocycles. The van der Waals surface area contributed by atoms with Crippen LogP contribution in [0.5, 0.6) is 0 Å². The number of nitriles is 1. The molecule has 114 valence electrons. The van der Waals surface area contributed by atoms with Crippen LogP contribution in [0.25, 0.3) is 0 Å². The maximum absolute atomic E-state index is 12.5. The third kappa shape index (κ3) is 3.39. The molecule has 0 amide bonds. The van der Waals surface area contributed by atoms with E-state index in [2.05, 4.69) is 4.98 Å². The Kier molecular flexibility index (Phi) is 4.58. The summed E-state index contributed by atoms with van der Waals surface area (Å²) in [5, 5.41) is 19.4. The summed E-state index contributed by atoms with van der Waals surface area (Å²) in [6, 6.07) is 4.57. The molecule has 21 heavy (non-hydrogen) atoms. The van der Waals surface area contributed by atoms with Gasteiger partial charge in [-0.2, -0.15) is 9.57 Å². The number of hydrogen-bond donors (Lipinski definition) is 1. The van der Waals surface area contributed by atoms with Gasteiger partial charge in [0.1, 0.15) is 11.0 Å². The van der Waals surface area contributed by atoms with Crippen LogP contribution in [-0.2, 0) is 14.8 Å². The van der Waals surface area contributed by atoms with E-state index < -0.39 is 15.6 Å². The Balaban J connectivity index is 2.25. The van der Waals surface area contributed by atoms with E-state index >= 15 is 0 Å². The first-order chi connectivity index (χ1) is 9.89. The van der Waals surface area contributed by atoms with E-state index in [-0.39, 0.29) is 17.1 Å². The van der Waals surface area contributed by atoms with Crippen LogP contribution in [0.4, 0.5) is 0 Å². The van der Waals surface area contributed by atoms with Gasteiger partial charge in [0.25, 0.3) is 0 Å². The van der Waals surface area contributed by atoms with Crippen molar-refractivity contribution in [3.05, 3.63) is 24.0 Å². The average Bonchev–Trinajstić information content (AvgIpc) is 2.47. The van der Waals surface area contributed by atoms with Crippen LogP contribution in [0.15, 0.2) is 23.2 Å². The van der Waals surface area contributed by atoms with Gasteiger partial charge in [-0.1, -0.05) is 0 Å². The van der Waals surface area contributed by atoms with Gasteiger partial charge >= 0.3 is 0 Å². The van der Waals surface area contributed by atoms with Gasteiger partial charge in [0.15, 0.2) is 5.69 Å². The fourth-order valence-electron chi connectivity index (χ4n) is 2.26. The minimum absolute atomic E-state index is 0.0432. The van der Waals surface area contributed by atoms with Gasteiger partial charge in [0.2, 0.25) is 10.0 Å². The molecule has 0 unspecified atom stereocenters. The van der Waals surface area contributed by atoms with Crippen molar-refractivity contribution in [1.29, 1.82) is 5.26 Å². The molecule has 2 rings (SSSR count). The van der Waals surface area contributed by atoms with Crippen molar-refractivity contribution in [2.24, 2.45) is 0 Å². The number of nitrogens with zero attached hydrogens (tertiary/aromatic N) is 3. The predicted molar refractivity (Wildman–Crippen MR) is 73.8 cm³/mol. The van der Waals surface area contributed by atoms with Crippen LogP contribution in [0, 0.1) is 11.3 Å². The van der Waals surface area contributed by atoms with Gasteiger partial charge < -0.3 is 9.84 Å². The van der Waals surface area contributed by atoms with Crippen molar-refractivity contribution >= 4 is 10.0 Å². The van der Waals surface area contributed by atoms with Crippen LogP contribution in [0.1, 0.15) is 18.5 Å². The summed E-state index contributed by atoms with van der Waals surface area (Å²) in [5.41, 5.74) is -1.25. The lowest BCUT2D eigenvalue weighted by molar-refractivity contribution is -0.0689. The predicted octanol–water partition coefficient (Wildman–Crippen LogP) is 0.115. The Morgan fingerprint density at radius 2 is 2.19 bits per heavy atom. The molecule has 1 fully saturated rings. The molecule has 7 nitrogen and oxygen atoms in total. The van der Waals surface area contributed by atoms with Crippen molar-refractivity contribution in [1.82, 2.24) is 9.29 Å². The fourth-order valence-corrected chi connectivity index (χ4v) is 3.60. The minimum Gasteiger partial charge on any atom is -0.388 e. The number of pyridine rings is 1. The second kappa shape index (κ2) is 6.07. The second-order valence-corrected chi connectivity index (χ2v) is 7.07. The number of rotatable bonds is 4. The zero-order valence-corrected chi connectivity index (χ0v) is 12.5. The molecule has 1 N–H and O–H groups in total. The summed E-state index contributed by atoms with van der Waals surface area (Å²) in [6.45, 7) is 0.764. The molecule has 8 heteroatoms. The van der Waals surface area contributed by atoms with Gasteiger partial charge in [0, 0.05) is 45.8 Å². The topological polar surface area (TPSA) is 104 Å². The first-order valence-corrected chi connectivity index (χ1v) is 7.95. The Morgan fingerprint density at radius 3 is 2.81 bits per heavy atom. The van der Waals surface area contributed by atoms with Crippen LogP contribution >= 0.6 is 0 Å². The van der Waals surface area contributed by atoms with E-state index in [4.69, 9.17) is 10.00 Å². The first kappa shape index (κ1) is 15.9. The number of aromatic nitrogens is 1. The molecule has 2 heterocycles. The highest BCUT2D eigenvalue weighted by Gasteiger charge is 2.35. The molecule has 1 aromatic heterocycles. The van der Waals surface area contributed by atoms with Crippen LogP contribution < -0.4 is 0 Å². The molecule has 1 aliphatic heterocycles. The average molecular weight is 311 g/mol. The maximum Gasteiger partial charge on any atom is 0.245 e. The molecule has 1 saturated heterocycles. The number of hydrogen-bond acceptors (Lipinski definition) is 6. The number of ether oxygens (including phenoxy) is 1. The van der Waals surface area contributed by atoms with Gasteiger partial charge in [0.05, 0.1) is 5.60 Å². The van der Waals surface area contributed by atoms with Crippen molar-refractivity contribution in [3.8, 4) is 6.07 Å². The van der Waals surface area contributed by atoms with E-state index in [1.165, 1.54) is 25.4 Å². The summed E-state index contributed by atoms with van der Waals surface area (Å²) >= 11 is 0. The zero-order valence-electron chi connectivity index (χ0n) is 11.7. The largest absolute Gasteiger partial charge is 0.388 e. The molecule has 0 radical (unpaired) electrons. The standard InChI is InChI=1S/C13H17N3O4S/c1-16(10-13(17)4-7-20-8-5-13)21(18,19)12-3-2-6-15-11(12)9-14/h2-3,6,17H,4-5,7-8,10H2,1H3. The summed E-state index contributed by atoms with van der Waals surface area (Å²) < 4.78 is 31.3. The molecule has 0 spiro atoms. The molecule has 0 bridgehead atoms. The van der Waals surface area contributed by atoms with E-state index in [1.807, 2.05) is 0 Å². The quantitative estimate of drug-likeness (QED) is 0.847. The highest BCUT2D eigenvalue weighted by Crippen LogP contribution is 2.25. The number of sulfonamides is 1. The molecule has 1 aromatic rings. The summed E-state index contributed by atoms with van der Waals surface area (Å²) in [4.78, 5) is 3.61. The smallest absolute Gasteiger partial charge is 0.245 e. The Morgan fingerprint density at radius 1 is 1.52 bits per heavy atom. The highest BCUT2D eigenvalue weighted by molar-refractivity contribution is 7.89. The molecule has 0 atom stereocenters. The van der Waals surface area contributed by atoms with Gasteiger partial charge in [-0.15, -0.1) is 0 Å². The van der Waals surface area contributed by atoms with Crippen molar-refractivity contribution in [2.75, 3.05) is 26.8 Å². The normalized spacial score (nSPS) is 18.4. The van der Waals surface area contributed by atoms with E-state index in [9.17, 15) is 13.5 Å². The Bertz CT molecular complexity index is 648. The van der Waals surface area contributed by atoms with Crippen LogP contribution in [0.2, 0.25) is 0 Å². The molecular formula is C13H17N3O4S. The lowest BCUT2D eigenvalue weighted by Crippen LogP contribution is -2.47. The maximum atomic E-state index is 12.5. The van der Waals surface area contributed by atoms with Gasteiger partial charge in [-0.3, -0.25) is 0 Å². The molecule has 0 aliphatic carbocycles. The van der Waals surface area contributed by atoms with Crippen LogP contribution in [0.3, 0.4) is 0 Å². The third-order valence-electron chi connectivity index (χ3n) is 3.51. The van der Waals surface area contributed by atoms with Gasteiger partial charge in [-0.05, 0) is 12.1 Å². The lowest BCUT2D eigenvalue weighted by atomic mass is 9.95. The lowest BCUT2D eigenvalue weighted by Gasteiger charge is -2.35. The van der Waals surface area contributed by atoms with Crippen molar-refractivity contribution in [2.45, 2.75) is 23.3 Å². The second-order valence-electron chi connectivity index (χ2n) is 5.06. The summed E-state index contributed by atoms with van der Waals surface area (Å²) in [5.74, 6) is 0. The molecular weight excluding hydrogens is 294 g/mol. The summed E-state index contributed by atoms with van der Waals surface area (Å²) in [6.07, 6.45) is 2.12.